The Morgan fingerprint density at radius 3 is 2.43 bits per heavy atom. The molecule has 0 heterocycles. The van der Waals surface area contributed by atoms with Gasteiger partial charge >= 0.3 is 6.18 Å². The minimum absolute atomic E-state index is 0.0438. The first-order valence-corrected chi connectivity index (χ1v) is 8.08. The van der Waals surface area contributed by atoms with Crippen LogP contribution in [0.1, 0.15) is 32.6 Å². The summed E-state index contributed by atoms with van der Waals surface area (Å²) in [5.74, 6) is 0.397. The maximum absolute atomic E-state index is 12.8. The van der Waals surface area contributed by atoms with E-state index in [0.29, 0.717) is 12.2 Å². The van der Waals surface area contributed by atoms with E-state index >= 15 is 0 Å². The molecule has 1 aromatic carbocycles. The molecule has 0 bridgehead atoms. The van der Waals surface area contributed by atoms with Gasteiger partial charge in [0.05, 0.1) is 0 Å². The molecule has 1 nitrogen and oxygen atoms in total. The van der Waals surface area contributed by atoms with Crippen LogP contribution in [-0.2, 0) is 0 Å². The van der Waals surface area contributed by atoms with Gasteiger partial charge in [-0.3, -0.25) is 0 Å². The molecule has 0 aliphatic rings. The highest BCUT2D eigenvalue weighted by atomic mass is 32.2. The highest BCUT2D eigenvalue weighted by Gasteiger charge is 2.26. The van der Waals surface area contributed by atoms with Gasteiger partial charge in [0.15, 0.2) is 0 Å². The first kappa shape index (κ1) is 18.3. The standard InChI is InChI=1S/C15H21F4NS/c1-2-10-20-13(4-3-9-15(17,18)19)11-21-14-7-5-12(16)6-8-14/h5-8,13,20H,2-4,9-11H2,1H3. The average Bonchev–Trinajstić information content (AvgIpc) is 2.41. The summed E-state index contributed by atoms with van der Waals surface area (Å²) in [5.41, 5.74) is 0. The van der Waals surface area contributed by atoms with Crippen molar-refractivity contribution in [3.8, 4) is 0 Å². The summed E-state index contributed by atoms with van der Waals surface area (Å²) in [7, 11) is 0. The average molecular weight is 323 g/mol. The van der Waals surface area contributed by atoms with Crippen molar-refractivity contribution >= 4 is 11.8 Å². The third-order valence-electron chi connectivity index (χ3n) is 2.96. The number of halogens is 4. The Morgan fingerprint density at radius 2 is 1.86 bits per heavy atom. The van der Waals surface area contributed by atoms with Gasteiger partial charge in [-0.05, 0) is 50.1 Å². The van der Waals surface area contributed by atoms with Crippen LogP contribution in [0.5, 0.6) is 0 Å². The minimum atomic E-state index is -4.08. The lowest BCUT2D eigenvalue weighted by atomic mass is 10.1. The fourth-order valence-electron chi connectivity index (χ4n) is 1.87. The predicted octanol–water partition coefficient (Wildman–Crippen LogP) is 5.02. The van der Waals surface area contributed by atoms with E-state index in [9.17, 15) is 17.6 Å². The van der Waals surface area contributed by atoms with Gasteiger partial charge in [-0.15, -0.1) is 11.8 Å². The van der Waals surface area contributed by atoms with E-state index in [1.54, 1.807) is 12.1 Å². The van der Waals surface area contributed by atoms with Gasteiger partial charge in [0, 0.05) is 23.1 Å². The number of thioether (sulfide) groups is 1. The molecule has 0 saturated carbocycles. The van der Waals surface area contributed by atoms with E-state index < -0.39 is 12.6 Å². The molecule has 0 fully saturated rings. The smallest absolute Gasteiger partial charge is 0.313 e. The van der Waals surface area contributed by atoms with Crippen LogP contribution in [0.3, 0.4) is 0 Å². The van der Waals surface area contributed by atoms with Crippen LogP contribution in [0.2, 0.25) is 0 Å². The molecule has 0 spiro atoms. The number of hydrogen-bond acceptors (Lipinski definition) is 2. The fraction of sp³-hybridized carbons (Fsp3) is 0.600. The van der Waals surface area contributed by atoms with Gasteiger partial charge in [-0.1, -0.05) is 6.92 Å². The predicted molar refractivity (Wildman–Crippen MR) is 79.1 cm³/mol. The lowest BCUT2D eigenvalue weighted by Gasteiger charge is -2.18. The van der Waals surface area contributed by atoms with Gasteiger partial charge in [0.25, 0.3) is 0 Å². The summed E-state index contributed by atoms with van der Waals surface area (Å²) in [6.07, 6.45) is -3.25. The van der Waals surface area contributed by atoms with Crippen LogP contribution in [-0.4, -0.2) is 24.5 Å². The Morgan fingerprint density at radius 1 is 1.19 bits per heavy atom. The minimum Gasteiger partial charge on any atom is -0.313 e. The molecular weight excluding hydrogens is 302 g/mol. The van der Waals surface area contributed by atoms with E-state index in [4.69, 9.17) is 0 Å². The van der Waals surface area contributed by atoms with Crippen molar-refractivity contribution in [1.82, 2.24) is 5.32 Å². The molecule has 0 saturated heterocycles. The SMILES string of the molecule is CCCNC(CCCC(F)(F)F)CSc1ccc(F)cc1. The van der Waals surface area contributed by atoms with Gasteiger partial charge in [0.1, 0.15) is 5.82 Å². The Kier molecular flexibility index (Phi) is 8.11. The highest BCUT2D eigenvalue weighted by Crippen LogP contribution is 2.24. The third-order valence-corrected chi connectivity index (χ3v) is 4.14. The first-order chi connectivity index (χ1) is 9.90. The summed E-state index contributed by atoms with van der Waals surface area (Å²) in [6, 6.07) is 6.20. The van der Waals surface area contributed by atoms with Crippen molar-refractivity contribution in [2.45, 2.75) is 49.7 Å². The van der Waals surface area contributed by atoms with E-state index in [1.165, 1.54) is 23.9 Å². The number of nitrogens with one attached hydrogen (secondary N) is 1. The molecule has 1 N–H and O–H groups in total. The van der Waals surface area contributed by atoms with Crippen molar-refractivity contribution in [3.63, 3.8) is 0 Å². The van der Waals surface area contributed by atoms with E-state index in [0.717, 1.165) is 17.9 Å². The summed E-state index contributed by atoms with van der Waals surface area (Å²) < 4.78 is 49.4. The van der Waals surface area contributed by atoms with Crippen molar-refractivity contribution in [2.24, 2.45) is 0 Å². The number of rotatable bonds is 9. The van der Waals surface area contributed by atoms with Crippen LogP contribution >= 0.6 is 11.8 Å². The molecule has 0 aromatic heterocycles. The van der Waals surface area contributed by atoms with Crippen molar-refractivity contribution in [1.29, 1.82) is 0 Å². The van der Waals surface area contributed by atoms with Gasteiger partial charge in [-0.2, -0.15) is 13.2 Å². The Bertz CT molecular complexity index is 392. The molecule has 1 rings (SSSR count). The molecule has 1 unspecified atom stereocenters. The normalized spacial score (nSPS) is 13.4. The van der Waals surface area contributed by atoms with Gasteiger partial charge in [0.2, 0.25) is 0 Å². The van der Waals surface area contributed by atoms with Crippen LogP contribution in [0, 0.1) is 5.82 Å². The van der Waals surface area contributed by atoms with Crippen LogP contribution < -0.4 is 5.32 Å². The Labute approximate surface area is 127 Å². The molecule has 120 valence electrons. The third kappa shape index (κ3) is 8.98. The highest BCUT2D eigenvalue weighted by molar-refractivity contribution is 7.99. The lowest BCUT2D eigenvalue weighted by molar-refractivity contribution is -0.135. The zero-order chi connectivity index (χ0) is 15.7. The second kappa shape index (κ2) is 9.30. The second-order valence-electron chi connectivity index (χ2n) is 4.92. The lowest BCUT2D eigenvalue weighted by Crippen LogP contribution is -2.32. The molecule has 0 aliphatic heterocycles. The molecule has 21 heavy (non-hydrogen) atoms. The summed E-state index contributed by atoms with van der Waals surface area (Å²) in [6.45, 7) is 2.81. The molecule has 6 heteroatoms. The Balaban J connectivity index is 2.39. The summed E-state index contributed by atoms with van der Waals surface area (Å²) in [4.78, 5) is 0.926. The quantitative estimate of drug-likeness (QED) is 0.506. The first-order valence-electron chi connectivity index (χ1n) is 7.09. The summed E-state index contributed by atoms with van der Waals surface area (Å²) in [5, 5.41) is 3.28. The van der Waals surface area contributed by atoms with Crippen LogP contribution in [0.15, 0.2) is 29.2 Å². The monoisotopic (exact) mass is 323 g/mol. The zero-order valence-corrected chi connectivity index (χ0v) is 12.9. The second-order valence-corrected chi connectivity index (χ2v) is 6.02. The maximum Gasteiger partial charge on any atom is 0.389 e. The zero-order valence-electron chi connectivity index (χ0n) is 12.0. The van der Waals surface area contributed by atoms with Crippen molar-refractivity contribution < 1.29 is 17.6 Å². The molecule has 0 amide bonds. The number of hydrogen-bond donors (Lipinski definition) is 1. The van der Waals surface area contributed by atoms with Crippen LogP contribution in [0.25, 0.3) is 0 Å². The molecule has 1 atom stereocenters. The number of benzene rings is 1. The van der Waals surface area contributed by atoms with Gasteiger partial charge in [-0.25, -0.2) is 4.39 Å². The van der Waals surface area contributed by atoms with E-state index in [-0.39, 0.29) is 18.3 Å². The van der Waals surface area contributed by atoms with Crippen molar-refractivity contribution in [3.05, 3.63) is 30.1 Å². The fourth-order valence-corrected chi connectivity index (χ4v) is 2.88. The van der Waals surface area contributed by atoms with E-state index in [1.807, 2.05) is 6.92 Å². The molecular formula is C15H21F4NS. The number of alkyl halides is 3. The molecule has 0 radical (unpaired) electrons. The largest absolute Gasteiger partial charge is 0.389 e. The van der Waals surface area contributed by atoms with E-state index in [2.05, 4.69) is 5.32 Å². The topological polar surface area (TPSA) is 12.0 Å². The molecule has 0 aliphatic carbocycles. The van der Waals surface area contributed by atoms with Crippen LogP contribution in [0.4, 0.5) is 17.6 Å². The summed E-state index contributed by atoms with van der Waals surface area (Å²) >= 11 is 1.54. The molecule has 1 aromatic rings. The van der Waals surface area contributed by atoms with Gasteiger partial charge < -0.3 is 5.32 Å². The Hall–Kier alpha value is -0.750. The maximum atomic E-state index is 12.8. The van der Waals surface area contributed by atoms with Crippen molar-refractivity contribution in [2.75, 3.05) is 12.3 Å².